The van der Waals surface area contributed by atoms with Crippen molar-refractivity contribution < 1.29 is 19.4 Å². The lowest BCUT2D eigenvalue weighted by Crippen LogP contribution is -2.17. The van der Waals surface area contributed by atoms with E-state index in [1.165, 1.54) is 0 Å². The molecule has 0 saturated heterocycles. The summed E-state index contributed by atoms with van der Waals surface area (Å²) in [5.74, 6) is 0.590. The number of aliphatic hydroxyl groups excluding tert-OH is 1. The van der Waals surface area contributed by atoms with E-state index in [0.29, 0.717) is 34.2 Å². The summed E-state index contributed by atoms with van der Waals surface area (Å²) < 4.78 is 5.72. The first-order valence-electron chi connectivity index (χ1n) is 13.5. The highest BCUT2D eigenvalue weighted by molar-refractivity contribution is 6.04. The number of aryl methyl sites for hydroxylation is 1. The molecule has 0 saturated carbocycles. The molecule has 0 spiro atoms. The summed E-state index contributed by atoms with van der Waals surface area (Å²) >= 11 is 0. The Morgan fingerprint density at radius 1 is 1.12 bits per heavy atom. The third-order valence-corrected chi connectivity index (χ3v) is 6.93. The first kappa shape index (κ1) is 29.9. The molecule has 2 heterocycles. The average molecular weight is 564 g/mol. The fourth-order valence-electron chi connectivity index (χ4n) is 4.59. The number of anilines is 2. The number of nitrogens with one attached hydrogen (secondary N) is 2. The first-order chi connectivity index (χ1) is 20.2. The van der Waals surface area contributed by atoms with Crippen LogP contribution in [0, 0.1) is 18.3 Å². The Hall–Kier alpha value is -5.07. The quantitative estimate of drug-likeness (QED) is 0.208. The number of ether oxygens (including phenoxy) is 1. The van der Waals surface area contributed by atoms with Gasteiger partial charge in [0.2, 0.25) is 5.88 Å². The van der Waals surface area contributed by atoms with Gasteiger partial charge in [0.05, 0.1) is 23.8 Å². The van der Waals surface area contributed by atoms with Crippen LogP contribution in [0.1, 0.15) is 40.9 Å². The number of pyridine rings is 2. The minimum Gasteiger partial charge on any atom is -0.475 e. The van der Waals surface area contributed by atoms with Gasteiger partial charge in [0.25, 0.3) is 5.91 Å². The van der Waals surface area contributed by atoms with Crippen LogP contribution in [-0.2, 0) is 16.6 Å². The number of hydrogen-bond acceptors (Lipinski definition) is 8. The zero-order chi connectivity index (χ0) is 30.3. The molecular formula is C33H33N5O4. The van der Waals surface area contributed by atoms with Crippen LogP contribution < -0.4 is 15.4 Å². The molecule has 4 rings (SSSR count). The molecule has 0 unspecified atom stereocenters. The number of aromatic nitrogens is 2. The summed E-state index contributed by atoms with van der Waals surface area (Å²) in [6.07, 6.45) is 2.61. The molecular weight excluding hydrogens is 530 g/mol. The smallest absolute Gasteiger partial charge is 0.255 e. The minimum absolute atomic E-state index is 0.0615. The molecule has 0 bridgehead atoms. The highest BCUT2D eigenvalue weighted by Crippen LogP contribution is 2.35. The second kappa shape index (κ2) is 13.1. The number of aliphatic hydroxyl groups is 1. The van der Waals surface area contributed by atoms with Crippen LogP contribution in [-0.4, -0.2) is 47.5 Å². The summed E-state index contributed by atoms with van der Waals surface area (Å²) in [4.78, 5) is 33.7. The van der Waals surface area contributed by atoms with E-state index in [1.54, 1.807) is 43.6 Å². The number of nitriles is 1. The fourth-order valence-corrected chi connectivity index (χ4v) is 4.59. The van der Waals surface area contributed by atoms with Crippen molar-refractivity contribution in [1.29, 1.82) is 5.26 Å². The van der Waals surface area contributed by atoms with Crippen LogP contribution in [0.2, 0.25) is 0 Å². The SMILES string of the molecule is CNc1nccc(-c2cc(-c3cc(NC(=O)c4cccc(C(C)(C)C#N)c4)ccc3C)cc(OCCO)n2)c1CC=O. The van der Waals surface area contributed by atoms with Crippen LogP contribution in [0.3, 0.4) is 0 Å². The van der Waals surface area contributed by atoms with Gasteiger partial charge in [-0.25, -0.2) is 9.97 Å². The lowest BCUT2D eigenvalue weighted by atomic mass is 9.85. The van der Waals surface area contributed by atoms with E-state index in [9.17, 15) is 20.0 Å². The van der Waals surface area contributed by atoms with Crippen molar-refractivity contribution in [3.05, 3.63) is 89.1 Å². The number of nitrogens with zero attached hydrogens (tertiary/aromatic N) is 3. The molecule has 3 N–H and O–H groups in total. The zero-order valence-corrected chi connectivity index (χ0v) is 24.1. The van der Waals surface area contributed by atoms with Crippen molar-refractivity contribution in [3.63, 3.8) is 0 Å². The van der Waals surface area contributed by atoms with Crippen LogP contribution in [0.25, 0.3) is 22.4 Å². The van der Waals surface area contributed by atoms with Crippen molar-refractivity contribution in [2.45, 2.75) is 32.6 Å². The van der Waals surface area contributed by atoms with Crippen LogP contribution >= 0.6 is 0 Å². The highest BCUT2D eigenvalue weighted by atomic mass is 16.5. The minimum atomic E-state index is -0.726. The summed E-state index contributed by atoms with van der Waals surface area (Å²) in [5.41, 5.74) is 5.63. The predicted octanol–water partition coefficient (Wildman–Crippen LogP) is 5.33. The highest BCUT2D eigenvalue weighted by Gasteiger charge is 2.21. The maximum absolute atomic E-state index is 13.2. The van der Waals surface area contributed by atoms with E-state index in [1.807, 2.05) is 51.1 Å². The van der Waals surface area contributed by atoms with Crippen molar-refractivity contribution in [2.75, 3.05) is 30.9 Å². The average Bonchev–Trinajstić information content (AvgIpc) is 3.01. The second-order valence-electron chi connectivity index (χ2n) is 10.3. The van der Waals surface area contributed by atoms with E-state index >= 15 is 0 Å². The Bertz CT molecular complexity index is 1660. The molecule has 9 heteroatoms. The summed E-state index contributed by atoms with van der Waals surface area (Å²) in [7, 11) is 1.74. The molecule has 0 aliphatic carbocycles. The predicted molar refractivity (Wildman–Crippen MR) is 163 cm³/mol. The van der Waals surface area contributed by atoms with Gasteiger partial charge in [-0.05, 0) is 79.4 Å². The molecule has 4 aromatic rings. The Labute approximate surface area is 245 Å². The summed E-state index contributed by atoms with van der Waals surface area (Å²) in [6, 6.07) is 20.4. The lowest BCUT2D eigenvalue weighted by molar-refractivity contribution is -0.107. The maximum Gasteiger partial charge on any atom is 0.255 e. The molecule has 0 radical (unpaired) electrons. The molecule has 0 atom stereocenters. The zero-order valence-electron chi connectivity index (χ0n) is 24.1. The van der Waals surface area contributed by atoms with Crippen molar-refractivity contribution in [3.8, 4) is 34.3 Å². The third-order valence-electron chi connectivity index (χ3n) is 6.93. The Morgan fingerprint density at radius 2 is 1.93 bits per heavy atom. The van der Waals surface area contributed by atoms with Gasteiger partial charge in [0.1, 0.15) is 18.7 Å². The molecule has 0 fully saturated rings. The summed E-state index contributed by atoms with van der Waals surface area (Å²) in [5, 5.41) is 24.9. The number of carbonyl (C=O) groups is 2. The van der Waals surface area contributed by atoms with E-state index in [-0.39, 0.29) is 25.5 Å². The van der Waals surface area contributed by atoms with Gasteiger partial charge in [-0.3, -0.25) is 4.79 Å². The molecule has 2 aromatic heterocycles. The maximum atomic E-state index is 13.2. The molecule has 42 heavy (non-hydrogen) atoms. The van der Waals surface area contributed by atoms with Crippen molar-refractivity contribution in [1.82, 2.24) is 9.97 Å². The van der Waals surface area contributed by atoms with Gasteiger partial charge in [0.15, 0.2) is 0 Å². The van der Waals surface area contributed by atoms with E-state index in [2.05, 4.69) is 26.7 Å². The van der Waals surface area contributed by atoms with E-state index in [0.717, 1.165) is 34.1 Å². The van der Waals surface area contributed by atoms with Gasteiger partial charge in [-0.2, -0.15) is 5.26 Å². The fraction of sp³-hybridized carbons (Fsp3) is 0.242. The van der Waals surface area contributed by atoms with Gasteiger partial charge in [0, 0.05) is 48.1 Å². The molecule has 0 aliphatic rings. The Kier molecular flexibility index (Phi) is 9.30. The normalized spacial score (nSPS) is 11.0. The van der Waals surface area contributed by atoms with Crippen LogP contribution in [0.15, 0.2) is 66.9 Å². The molecule has 2 aromatic carbocycles. The lowest BCUT2D eigenvalue weighted by Gasteiger charge is -2.17. The van der Waals surface area contributed by atoms with Gasteiger partial charge in [-0.1, -0.05) is 18.2 Å². The largest absolute Gasteiger partial charge is 0.475 e. The number of rotatable bonds is 11. The molecule has 1 amide bonds. The van der Waals surface area contributed by atoms with Gasteiger partial charge >= 0.3 is 0 Å². The third kappa shape index (κ3) is 6.62. The molecule has 214 valence electrons. The summed E-state index contributed by atoms with van der Waals surface area (Å²) in [6.45, 7) is 5.47. The first-order valence-corrected chi connectivity index (χ1v) is 13.5. The van der Waals surface area contributed by atoms with Crippen molar-refractivity contribution >= 4 is 23.7 Å². The van der Waals surface area contributed by atoms with E-state index in [4.69, 9.17) is 4.74 Å². The van der Waals surface area contributed by atoms with Gasteiger partial charge in [-0.15, -0.1) is 0 Å². The number of aldehydes is 1. The number of amides is 1. The number of benzene rings is 2. The topological polar surface area (TPSA) is 137 Å². The molecule has 9 nitrogen and oxygen atoms in total. The molecule has 0 aliphatic heterocycles. The Morgan fingerprint density at radius 3 is 2.64 bits per heavy atom. The Balaban J connectivity index is 1.75. The van der Waals surface area contributed by atoms with Crippen molar-refractivity contribution in [2.24, 2.45) is 0 Å². The van der Waals surface area contributed by atoms with E-state index < -0.39 is 5.41 Å². The number of hydrogen-bond donors (Lipinski definition) is 3. The van der Waals surface area contributed by atoms with Gasteiger partial charge < -0.3 is 25.3 Å². The second-order valence-corrected chi connectivity index (χ2v) is 10.3. The number of carbonyl (C=O) groups excluding carboxylic acids is 2. The van der Waals surface area contributed by atoms with Crippen LogP contribution in [0.4, 0.5) is 11.5 Å². The monoisotopic (exact) mass is 563 g/mol. The van der Waals surface area contributed by atoms with Crippen LogP contribution in [0.5, 0.6) is 5.88 Å². The standard InChI is InChI=1S/C33H33N5O4/c1-21-8-9-25(37-32(41)22-6-5-7-24(16-22)33(2,3)20-34)19-28(21)23-17-29(38-30(18-23)42-15-14-40)26-10-12-36-31(35-4)27(26)11-13-39/h5-10,12-13,16-19,40H,11,14-15H2,1-4H3,(H,35,36)(H,37,41).